The highest BCUT2D eigenvalue weighted by molar-refractivity contribution is 7.80. The van der Waals surface area contributed by atoms with Crippen LogP contribution in [0.15, 0.2) is 24.3 Å². The van der Waals surface area contributed by atoms with Crippen LogP contribution in [-0.2, 0) is 9.53 Å². The van der Waals surface area contributed by atoms with Crippen LogP contribution in [0, 0.1) is 0 Å². The van der Waals surface area contributed by atoms with E-state index in [4.69, 9.17) is 22.7 Å². The number of nitrogens with two attached hydrogens (primary N) is 1. The number of carbonyl (C=O) groups excluding carboxylic acids is 2. The SMILES string of the molecule is CCOC(=O)CCN(C)C(=O)c1ccc(C(N)=S)cc1. The monoisotopic (exact) mass is 294 g/mol. The molecule has 0 aliphatic heterocycles. The zero-order chi connectivity index (χ0) is 15.1. The number of amides is 1. The number of esters is 1. The van der Waals surface area contributed by atoms with Crippen molar-refractivity contribution in [2.45, 2.75) is 13.3 Å². The highest BCUT2D eigenvalue weighted by Crippen LogP contribution is 2.07. The van der Waals surface area contributed by atoms with Crippen molar-refractivity contribution in [3.8, 4) is 0 Å². The molecule has 1 aromatic carbocycles. The van der Waals surface area contributed by atoms with E-state index in [1.807, 2.05) is 0 Å². The van der Waals surface area contributed by atoms with Crippen molar-refractivity contribution in [3.63, 3.8) is 0 Å². The Labute approximate surface area is 123 Å². The third kappa shape index (κ3) is 4.62. The Hall–Kier alpha value is -1.95. The van der Waals surface area contributed by atoms with Gasteiger partial charge >= 0.3 is 5.97 Å². The molecule has 0 unspecified atom stereocenters. The molecule has 0 aliphatic carbocycles. The van der Waals surface area contributed by atoms with E-state index in [1.54, 1.807) is 38.2 Å². The number of thiocarbonyl (C=S) groups is 1. The van der Waals surface area contributed by atoms with Crippen molar-refractivity contribution in [1.82, 2.24) is 4.90 Å². The fourth-order valence-electron chi connectivity index (χ4n) is 1.59. The Kier molecular flexibility index (Phi) is 6.11. The van der Waals surface area contributed by atoms with Gasteiger partial charge in [-0.15, -0.1) is 0 Å². The molecule has 0 bridgehead atoms. The van der Waals surface area contributed by atoms with Gasteiger partial charge in [0.25, 0.3) is 5.91 Å². The summed E-state index contributed by atoms with van der Waals surface area (Å²) in [5, 5.41) is 0. The number of hydrogen-bond acceptors (Lipinski definition) is 4. The molecule has 1 rings (SSSR count). The summed E-state index contributed by atoms with van der Waals surface area (Å²) in [6.45, 7) is 2.40. The van der Waals surface area contributed by atoms with Gasteiger partial charge < -0.3 is 15.4 Å². The maximum Gasteiger partial charge on any atom is 0.307 e. The molecule has 1 aromatic rings. The van der Waals surface area contributed by atoms with Gasteiger partial charge in [0.1, 0.15) is 4.99 Å². The van der Waals surface area contributed by atoms with Gasteiger partial charge in [-0.05, 0) is 19.1 Å². The van der Waals surface area contributed by atoms with E-state index in [2.05, 4.69) is 0 Å². The van der Waals surface area contributed by atoms with Gasteiger partial charge in [-0.2, -0.15) is 0 Å². The number of hydrogen-bond donors (Lipinski definition) is 1. The van der Waals surface area contributed by atoms with Gasteiger partial charge in [0, 0.05) is 24.7 Å². The van der Waals surface area contributed by atoms with E-state index in [1.165, 1.54) is 4.90 Å². The van der Waals surface area contributed by atoms with Crippen LogP contribution in [0.2, 0.25) is 0 Å². The summed E-state index contributed by atoms with van der Waals surface area (Å²) in [7, 11) is 1.64. The molecule has 5 nitrogen and oxygen atoms in total. The molecule has 0 aliphatic rings. The summed E-state index contributed by atoms with van der Waals surface area (Å²) >= 11 is 4.85. The molecular formula is C14H18N2O3S. The Morgan fingerprint density at radius 2 is 1.80 bits per heavy atom. The molecule has 0 saturated carbocycles. The normalized spacial score (nSPS) is 9.90. The summed E-state index contributed by atoms with van der Waals surface area (Å²) in [6, 6.07) is 6.74. The van der Waals surface area contributed by atoms with Crippen molar-refractivity contribution in [2.24, 2.45) is 5.73 Å². The molecular weight excluding hydrogens is 276 g/mol. The molecule has 6 heteroatoms. The summed E-state index contributed by atoms with van der Waals surface area (Å²) in [5.41, 5.74) is 6.73. The van der Waals surface area contributed by atoms with Crippen LogP contribution in [0.4, 0.5) is 0 Å². The number of ether oxygens (including phenoxy) is 1. The minimum atomic E-state index is -0.309. The predicted octanol–water partition coefficient (Wildman–Crippen LogP) is 1.35. The van der Waals surface area contributed by atoms with Crippen LogP contribution >= 0.6 is 12.2 Å². The Morgan fingerprint density at radius 3 is 2.30 bits per heavy atom. The molecule has 0 aromatic heterocycles. The Morgan fingerprint density at radius 1 is 1.25 bits per heavy atom. The van der Waals surface area contributed by atoms with Crippen LogP contribution in [0.3, 0.4) is 0 Å². The fourth-order valence-corrected chi connectivity index (χ4v) is 1.73. The average molecular weight is 294 g/mol. The van der Waals surface area contributed by atoms with Crippen LogP contribution in [0.1, 0.15) is 29.3 Å². The van der Waals surface area contributed by atoms with Crippen LogP contribution < -0.4 is 5.73 Å². The summed E-state index contributed by atoms with van der Waals surface area (Å²) < 4.78 is 4.81. The van der Waals surface area contributed by atoms with E-state index in [-0.39, 0.29) is 18.3 Å². The van der Waals surface area contributed by atoms with Crippen molar-refractivity contribution < 1.29 is 14.3 Å². The van der Waals surface area contributed by atoms with E-state index in [9.17, 15) is 9.59 Å². The quantitative estimate of drug-likeness (QED) is 0.633. The highest BCUT2D eigenvalue weighted by atomic mass is 32.1. The third-order valence-electron chi connectivity index (χ3n) is 2.72. The maximum atomic E-state index is 12.1. The van der Waals surface area contributed by atoms with Crippen LogP contribution in [-0.4, -0.2) is 42.0 Å². The molecule has 1 amide bonds. The first kappa shape index (κ1) is 16.1. The first-order valence-electron chi connectivity index (χ1n) is 6.26. The fraction of sp³-hybridized carbons (Fsp3) is 0.357. The average Bonchev–Trinajstić information content (AvgIpc) is 2.44. The molecule has 108 valence electrons. The summed E-state index contributed by atoms with van der Waals surface area (Å²) in [5.74, 6) is -0.472. The Bertz CT molecular complexity index is 500. The van der Waals surface area contributed by atoms with Crippen molar-refractivity contribution >= 4 is 29.1 Å². The predicted molar refractivity (Wildman–Crippen MR) is 80.5 cm³/mol. The molecule has 0 fully saturated rings. The number of benzene rings is 1. The van der Waals surface area contributed by atoms with Crippen LogP contribution in [0.5, 0.6) is 0 Å². The molecule has 0 spiro atoms. The molecule has 20 heavy (non-hydrogen) atoms. The minimum Gasteiger partial charge on any atom is -0.466 e. The van der Waals surface area contributed by atoms with E-state index in [0.717, 1.165) is 0 Å². The van der Waals surface area contributed by atoms with Crippen molar-refractivity contribution in [2.75, 3.05) is 20.2 Å². The lowest BCUT2D eigenvalue weighted by atomic mass is 10.1. The van der Waals surface area contributed by atoms with E-state index >= 15 is 0 Å². The number of nitrogens with zero attached hydrogens (tertiary/aromatic N) is 1. The zero-order valence-corrected chi connectivity index (χ0v) is 12.4. The second kappa shape index (κ2) is 7.59. The first-order chi connectivity index (χ1) is 9.45. The zero-order valence-electron chi connectivity index (χ0n) is 11.6. The van der Waals surface area contributed by atoms with Gasteiger partial charge in [0.15, 0.2) is 0 Å². The van der Waals surface area contributed by atoms with Gasteiger partial charge in [0.05, 0.1) is 13.0 Å². The lowest BCUT2D eigenvalue weighted by molar-refractivity contribution is -0.143. The molecule has 0 heterocycles. The second-order valence-corrected chi connectivity index (χ2v) is 4.66. The molecule has 0 atom stereocenters. The van der Waals surface area contributed by atoms with Gasteiger partial charge in [-0.25, -0.2) is 0 Å². The van der Waals surface area contributed by atoms with Crippen molar-refractivity contribution in [1.29, 1.82) is 0 Å². The number of rotatable bonds is 6. The van der Waals surface area contributed by atoms with Crippen molar-refractivity contribution in [3.05, 3.63) is 35.4 Å². The number of carbonyl (C=O) groups is 2. The first-order valence-corrected chi connectivity index (χ1v) is 6.67. The molecule has 0 saturated heterocycles. The standard InChI is InChI=1S/C14H18N2O3S/c1-3-19-12(17)8-9-16(2)14(18)11-6-4-10(5-7-11)13(15)20/h4-7H,3,8-9H2,1-2H3,(H2,15,20). The van der Waals surface area contributed by atoms with Gasteiger partial charge in [-0.1, -0.05) is 24.4 Å². The lowest BCUT2D eigenvalue weighted by Crippen LogP contribution is -2.29. The summed E-state index contributed by atoms with van der Waals surface area (Å²) in [6.07, 6.45) is 0.182. The largest absolute Gasteiger partial charge is 0.466 e. The topological polar surface area (TPSA) is 72.6 Å². The van der Waals surface area contributed by atoms with Gasteiger partial charge in [0.2, 0.25) is 0 Å². The maximum absolute atomic E-state index is 12.1. The van der Waals surface area contributed by atoms with Gasteiger partial charge in [-0.3, -0.25) is 9.59 Å². The van der Waals surface area contributed by atoms with E-state index < -0.39 is 0 Å². The van der Waals surface area contributed by atoms with E-state index in [0.29, 0.717) is 29.3 Å². The highest BCUT2D eigenvalue weighted by Gasteiger charge is 2.13. The minimum absolute atomic E-state index is 0.163. The lowest BCUT2D eigenvalue weighted by Gasteiger charge is -2.16. The molecule has 2 N–H and O–H groups in total. The third-order valence-corrected chi connectivity index (χ3v) is 2.96. The van der Waals surface area contributed by atoms with Crippen LogP contribution in [0.25, 0.3) is 0 Å². The second-order valence-electron chi connectivity index (χ2n) is 4.22. The molecule has 0 radical (unpaired) electrons. The summed E-state index contributed by atoms with van der Waals surface area (Å²) in [4.78, 5) is 25.1. The smallest absolute Gasteiger partial charge is 0.307 e. The Balaban J connectivity index is 2.60.